The van der Waals surface area contributed by atoms with E-state index in [4.69, 9.17) is 0 Å². The number of nitrogens with one attached hydrogen (secondary N) is 1. The van der Waals surface area contributed by atoms with Crippen LogP contribution >= 0.6 is 0 Å². The number of benzene rings is 2. The van der Waals surface area contributed by atoms with Gasteiger partial charge in [0, 0.05) is 5.69 Å². The van der Waals surface area contributed by atoms with Gasteiger partial charge in [-0.25, -0.2) is 4.98 Å². The summed E-state index contributed by atoms with van der Waals surface area (Å²) in [6.07, 6.45) is 0.339. The van der Waals surface area contributed by atoms with Crippen molar-refractivity contribution >= 4 is 22.6 Å². The SMILES string of the molecule is CCC(C)c1ccc(NC(=O)Cn2c(C(C)O)nc3ccccc32)cc1. The van der Waals surface area contributed by atoms with Crippen LogP contribution in [0, 0.1) is 0 Å². The van der Waals surface area contributed by atoms with Crippen molar-refractivity contribution in [1.29, 1.82) is 0 Å². The Hall–Kier alpha value is -2.66. The Morgan fingerprint density at radius 1 is 1.15 bits per heavy atom. The van der Waals surface area contributed by atoms with Crippen LogP contribution in [0.3, 0.4) is 0 Å². The topological polar surface area (TPSA) is 67.2 Å². The van der Waals surface area contributed by atoms with E-state index < -0.39 is 6.10 Å². The Kier molecular flexibility index (Phi) is 5.38. The molecule has 26 heavy (non-hydrogen) atoms. The van der Waals surface area contributed by atoms with Crippen molar-refractivity contribution in [3.05, 3.63) is 59.9 Å². The fourth-order valence-electron chi connectivity index (χ4n) is 3.05. The van der Waals surface area contributed by atoms with E-state index in [2.05, 4.69) is 36.3 Å². The highest BCUT2D eigenvalue weighted by Gasteiger charge is 2.17. The average Bonchev–Trinajstić information content (AvgIpc) is 3.00. The van der Waals surface area contributed by atoms with Crippen LogP contribution in [0.25, 0.3) is 11.0 Å². The summed E-state index contributed by atoms with van der Waals surface area (Å²) in [6, 6.07) is 15.5. The van der Waals surface area contributed by atoms with Crippen molar-refractivity contribution in [2.75, 3.05) is 5.32 Å². The van der Waals surface area contributed by atoms with E-state index in [1.807, 2.05) is 36.4 Å². The lowest BCUT2D eigenvalue weighted by Crippen LogP contribution is -2.20. The van der Waals surface area contributed by atoms with Crippen LogP contribution in [-0.2, 0) is 11.3 Å². The van der Waals surface area contributed by atoms with Crippen LogP contribution in [0.4, 0.5) is 5.69 Å². The Bertz CT molecular complexity index is 897. The number of carbonyl (C=O) groups is 1. The molecule has 0 saturated carbocycles. The van der Waals surface area contributed by atoms with E-state index in [0.29, 0.717) is 11.7 Å². The van der Waals surface area contributed by atoms with E-state index in [-0.39, 0.29) is 12.5 Å². The molecule has 0 aliphatic carbocycles. The van der Waals surface area contributed by atoms with Gasteiger partial charge < -0.3 is 15.0 Å². The molecule has 2 atom stereocenters. The molecule has 3 aromatic rings. The lowest BCUT2D eigenvalue weighted by molar-refractivity contribution is -0.116. The molecule has 5 nitrogen and oxygen atoms in total. The molecule has 0 radical (unpaired) electrons. The van der Waals surface area contributed by atoms with Gasteiger partial charge in [0.2, 0.25) is 5.91 Å². The number of hydrogen-bond donors (Lipinski definition) is 2. The number of aliphatic hydroxyl groups is 1. The lowest BCUT2D eigenvalue weighted by Gasteiger charge is -2.13. The third-order valence-corrected chi connectivity index (χ3v) is 4.74. The third-order valence-electron chi connectivity index (χ3n) is 4.74. The zero-order valence-electron chi connectivity index (χ0n) is 15.4. The Labute approximate surface area is 153 Å². The highest BCUT2D eigenvalue weighted by Crippen LogP contribution is 2.22. The number of para-hydroxylation sites is 2. The number of hydrogen-bond acceptors (Lipinski definition) is 3. The Morgan fingerprint density at radius 3 is 2.50 bits per heavy atom. The summed E-state index contributed by atoms with van der Waals surface area (Å²) in [6.45, 7) is 6.11. The predicted octanol–water partition coefficient (Wildman–Crippen LogP) is 4.24. The predicted molar refractivity (Wildman–Crippen MR) is 104 cm³/mol. The van der Waals surface area contributed by atoms with Crippen molar-refractivity contribution < 1.29 is 9.90 Å². The first kappa shape index (κ1) is 18.1. The van der Waals surface area contributed by atoms with Gasteiger partial charge in [0.15, 0.2) is 0 Å². The fraction of sp³-hybridized carbons (Fsp3) is 0.333. The summed E-state index contributed by atoms with van der Waals surface area (Å²) in [5.41, 5.74) is 3.65. The molecular weight excluding hydrogens is 326 g/mol. The van der Waals surface area contributed by atoms with Gasteiger partial charge in [-0.1, -0.05) is 38.1 Å². The van der Waals surface area contributed by atoms with Crippen molar-refractivity contribution in [3.63, 3.8) is 0 Å². The molecule has 0 aliphatic rings. The minimum Gasteiger partial charge on any atom is -0.385 e. The smallest absolute Gasteiger partial charge is 0.244 e. The van der Waals surface area contributed by atoms with E-state index in [1.54, 1.807) is 11.5 Å². The Morgan fingerprint density at radius 2 is 1.85 bits per heavy atom. The largest absolute Gasteiger partial charge is 0.385 e. The monoisotopic (exact) mass is 351 g/mol. The van der Waals surface area contributed by atoms with Gasteiger partial charge in [-0.15, -0.1) is 0 Å². The van der Waals surface area contributed by atoms with Crippen LogP contribution < -0.4 is 5.32 Å². The van der Waals surface area contributed by atoms with E-state index in [1.165, 1.54) is 5.56 Å². The fourth-order valence-corrected chi connectivity index (χ4v) is 3.05. The van der Waals surface area contributed by atoms with Gasteiger partial charge in [0.1, 0.15) is 18.5 Å². The third kappa shape index (κ3) is 3.78. The van der Waals surface area contributed by atoms with Crippen LogP contribution in [-0.4, -0.2) is 20.6 Å². The summed E-state index contributed by atoms with van der Waals surface area (Å²) >= 11 is 0. The summed E-state index contributed by atoms with van der Waals surface area (Å²) < 4.78 is 1.77. The molecule has 2 N–H and O–H groups in total. The summed E-state index contributed by atoms with van der Waals surface area (Å²) in [5.74, 6) is 0.852. The molecule has 5 heteroatoms. The molecule has 2 aromatic carbocycles. The van der Waals surface area contributed by atoms with Crippen LogP contribution in [0.5, 0.6) is 0 Å². The second-order valence-corrected chi connectivity index (χ2v) is 6.70. The minimum atomic E-state index is -0.745. The van der Waals surface area contributed by atoms with Gasteiger partial charge in [-0.3, -0.25) is 4.79 Å². The maximum absolute atomic E-state index is 12.5. The molecule has 1 amide bonds. The van der Waals surface area contributed by atoms with Crippen molar-refractivity contribution in [2.45, 2.75) is 45.8 Å². The molecule has 1 aromatic heterocycles. The molecule has 2 unspecified atom stereocenters. The average molecular weight is 351 g/mol. The maximum Gasteiger partial charge on any atom is 0.244 e. The molecule has 0 aliphatic heterocycles. The van der Waals surface area contributed by atoms with Crippen molar-refractivity contribution in [1.82, 2.24) is 9.55 Å². The second kappa shape index (κ2) is 7.70. The molecular formula is C21H25N3O2. The highest BCUT2D eigenvalue weighted by atomic mass is 16.3. The second-order valence-electron chi connectivity index (χ2n) is 6.70. The number of anilines is 1. The molecule has 0 bridgehead atoms. The minimum absolute atomic E-state index is 0.105. The van der Waals surface area contributed by atoms with Gasteiger partial charge in [0.05, 0.1) is 11.0 Å². The Balaban J connectivity index is 1.78. The van der Waals surface area contributed by atoms with E-state index >= 15 is 0 Å². The standard InChI is InChI=1S/C21H25N3O2/c1-4-14(2)16-9-11-17(12-10-16)22-20(26)13-24-19-8-6-5-7-18(19)23-21(24)15(3)25/h5-12,14-15,25H,4,13H2,1-3H3,(H,22,26). The molecule has 0 spiro atoms. The summed E-state index contributed by atoms with van der Waals surface area (Å²) in [7, 11) is 0. The number of aliphatic hydroxyl groups excluding tert-OH is 1. The van der Waals surface area contributed by atoms with E-state index in [0.717, 1.165) is 23.1 Å². The van der Waals surface area contributed by atoms with Gasteiger partial charge in [0.25, 0.3) is 0 Å². The highest BCUT2D eigenvalue weighted by molar-refractivity contribution is 5.91. The van der Waals surface area contributed by atoms with Gasteiger partial charge >= 0.3 is 0 Å². The summed E-state index contributed by atoms with van der Waals surface area (Å²) in [5, 5.41) is 12.9. The first-order valence-electron chi connectivity index (χ1n) is 9.02. The maximum atomic E-state index is 12.5. The quantitative estimate of drug-likeness (QED) is 0.698. The normalized spacial score (nSPS) is 13.5. The van der Waals surface area contributed by atoms with E-state index in [9.17, 15) is 9.90 Å². The molecule has 1 heterocycles. The van der Waals surface area contributed by atoms with Crippen molar-refractivity contribution in [3.8, 4) is 0 Å². The number of fused-ring (bicyclic) bond motifs is 1. The zero-order valence-corrected chi connectivity index (χ0v) is 15.4. The van der Waals surface area contributed by atoms with Gasteiger partial charge in [-0.2, -0.15) is 0 Å². The van der Waals surface area contributed by atoms with Crippen molar-refractivity contribution in [2.24, 2.45) is 0 Å². The lowest BCUT2D eigenvalue weighted by atomic mass is 9.99. The van der Waals surface area contributed by atoms with Crippen LogP contribution in [0.1, 0.15) is 50.6 Å². The number of imidazole rings is 1. The molecule has 3 rings (SSSR count). The zero-order chi connectivity index (χ0) is 18.7. The number of aromatic nitrogens is 2. The number of amides is 1. The number of rotatable bonds is 6. The summed E-state index contributed by atoms with van der Waals surface area (Å²) in [4.78, 5) is 17.0. The van der Waals surface area contributed by atoms with Crippen LogP contribution in [0.15, 0.2) is 48.5 Å². The first-order chi connectivity index (χ1) is 12.5. The molecule has 0 fully saturated rings. The van der Waals surface area contributed by atoms with Gasteiger partial charge in [-0.05, 0) is 49.1 Å². The number of carbonyl (C=O) groups excluding carboxylic acids is 1. The molecule has 136 valence electrons. The first-order valence-corrected chi connectivity index (χ1v) is 9.02. The van der Waals surface area contributed by atoms with Crippen LogP contribution in [0.2, 0.25) is 0 Å². The molecule has 0 saturated heterocycles. The number of nitrogens with zero attached hydrogens (tertiary/aromatic N) is 2.